The fraction of sp³-hybridized carbons (Fsp3) is 0.152. The minimum absolute atomic E-state index is 0.262. The van der Waals surface area contributed by atoms with Gasteiger partial charge in [0.15, 0.2) is 11.6 Å². The summed E-state index contributed by atoms with van der Waals surface area (Å²) in [6, 6.07) is 32.0. The van der Waals surface area contributed by atoms with Gasteiger partial charge in [-0.15, -0.1) is 0 Å². The first-order valence-electron chi connectivity index (χ1n) is 12.4. The second-order valence-electron chi connectivity index (χ2n) is 9.30. The fourth-order valence-electron chi connectivity index (χ4n) is 4.31. The molecular weight excluding hydrogens is 476 g/mol. The number of Topliss-reactive ketones (excluding diaryl/α,β-unsaturated/α-hetero) is 4. The van der Waals surface area contributed by atoms with E-state index in [9.17, 15) is 19.2 Å². The number of benzene rings is 4. The summed E-state index contributed by atoms with van der Waals surface area (Å²) in [5, 5.41) is 0. The molecule has 38 heavy (non-hydrogen) atoms. The van der Waals surface area contributed by atoms with Crippen molar-refractivity contribution in [2.45, 2.75) is 25.9 Å². The van der Waals surface area contributed by atoms with Crippen LogP contribution < -0.4 is 4.74 Å². The van der Waals surface area contributed by atoms with Crippen LogP contribution in [-0.2, 0) is 0 Å². The molecule has 0 aliphatic heterocycles. The summed E-state index contributed by atoms with van der Waals surface area (Å²) in [6.45, 7) is 3.55. The lowest BCUT2D eigenvalue weighted by Gasteiger charge is -2.35. The number of ether oxygens (including phenoxy) is 1. The van der Waals surface area contributed by atoms with E-state index in [4.69, 9.17) is 4.74 Å². The lowest BCUT2D eigenvalue weighted by Crippen LogP contribution is -2.56. The number of ketones is 4. The van der Waals surface area contributed by atoms with Crippen LogP contribution in [0.4, 0.5) is 0 Å². The fourth-order valence-corrected chi connectivity index (χ4v) is 4.31. The van der Waals surface area contributed by atoms with Crippen LogP contribution in [0.1, 0.15) is 61.7 Å². The molecule has 5 nitrogen and oxygen atoms in total. The molecule has 0 saturated heterocycles. The summed E-state index contributed by atoms with van der Waals surface area (Å²) < 4.78 is 6.30. The van der Waals surface area contributed by atoms with Crippen molar-refractivity contribution in [2.24, 2.45) is 5.92 Å². The molecule has 4 rings (SSSR count). The van der Waals surface area contributed by atoms with Crippen molar-refractivity contribution in [2.75, 3.05) is 0 Å². The van der Waals surface area contributed by atoms with E-state index in [0.717, 1.165) is 0 Å². The summed E-state index contributed by atoms with van der Waals surface area (Å²) in [5.74, 6) is -1.75. The van der Waals surface area contributed by atoms with Gasteiger partial charge in [-0.1, -0.05) is 105 Å². The molecule has 0 amide bonds. The largest absolute Gasteiger partial charge is 0.471 e. The van der Waals surface area contributed by atoms with E-state index in [1.807, 2.05) is 0 Å². The van der Waals surface area contributed by atoms with Crippen LogP contribution in [0.2, 0.25) is 0 Å². The van der Waals surface area contributed by atoms with Gasteiger partial charge in [-0.25, -0.2) is 0 Å². The smallest absolute Gasteiger partial charge is 0.235 e. The zero-order valence-corrected chi connectivity index (χ0v) is 21.3. The summed E-state index contributed by atoms with van der Waals surface area (Å²) in [4.78, 5) is 53.0. The van der Waals surface area contributed by atoms with Gasteiger partial charge in [0, 0.05) is 28.2 Å². The predicted molar refractivity (Wildman–Crippen MR) is 146 cm³/mol. The maximum absolute atomic E-state index is 13.9. The topological polar surface area (TPSA) is 77.5 Å². The van der Waals surface area contributed by atoms with Crippen LogP contribution in [0.25, 0.3) is 0 Å². The Balaban J connectivity index is 1.65. The van der Waals surface area contributed by atoms with Crippen LogP contribution in [-0.4, -0.2) is 28.7 Å². The molecule has 0 unspecified atom stereocenters. The number of carbonyl (C=O) groups excluding carboxylic acids is 4. The second-order valence-corrected chi connectivity index (χ2v) is 9.30. The molecule has 0 heterocycles. The zero-order chi connectivity index (χ0) is 27.1. The molecule has 0 aliphatic rings. The van der Waals surface area contributed by atoms with Gasteiger partial charge in [0.2, 0.25) is 17.2 Å². The molecule has 0 N–H and O–H groups in total. The third kappa shape index (κ3) is 5.52. The second kappa shape index (κ2) is 11.6. The van der Waals surface area contributed by atoms with Crippen molar-refractivity contribution in [1.82, 2.24) is 0 Å². The first-order valence-corrected chi connectivity index (χ1v) is 12.4. The van der Waals surface area contributed by atoms with Gasteiger partial charge in [-0.05, 0) is 24.3 Å². The molecule has 190 valence electrons. The Hall–Kier alpha value is -4.64. The van der Waals surface area contributed by atoms with E-state index in [0.29, 0.717) is 22.3 Å². The van der Waals surface area contributed by atoms with E-state index in [1.165, 1.54) is 0 Å². The van der Waals surface area contributed by atoms with E-state index in [-0.39, 0.29) is 23.7 Å². The molecule has 0 aliphatic carbocycles. The lowest BCUT2D eigenvalue weighted by atomic mass is 9.77. The maximum atomic E-state index is 13.9. The van der Waals surface area contributed by atoms with Crippen molar-refractivity contribution in [3.63, 3.8) is 0 Å². The molecule has 0 atom stereocenters. The highest BCUT2D eigenvalue weighted by atomic mass is 16.5. The average Bonchev–Trinajstić information content (AvgIpc) is 2.96. The summed E-state index contributed by atoms with van der Waals surface area (Å²) in [6.07, 6.45) is -0.265. The third-order valence-corrected chi connectivity index (χ3v) is 6.43. The Labute approximate surface area is 222 Å². The van der Waals surface area contributed by atoms with Gasteiger partial charge in [0.05, 0.1) is 6.42 Å². The molecular formula is C33H28O5. The predicted octanol–water partition coefficient (Wildman–Crippen LogP) is 6.68. The zero-order valence-electron chi connectivity index (χ0n) is 21.3. The van der Waals surface area contributed by atoms with Gasteiger partial charge < -0.3 is 4.74 Å². The van der Waals surface area contributed by atoms with Crippen LogP contribution in [0.5, 0.6) is 5.75 Å². The normalized spacial score (nSPS) is 11.1. The Morgan fingerprint density at radius 1 is 0.553 bits per heavy atom. The van der Waals surface area contributed by atoms with Gasteiger partial charge in [0.25, 0.3) is 0 Å². The highest BCUT2D eigenvalue weighted by molar-refractivity contribution is 6.23. The third-order valence-electron chi connectivity index (χ3n) is 6.43. The standard InChI is InChI=1S/C33H28O5/c1-23(2)33(31(36)26-14-8-4-9-15-26,32(37)27-16-10-5-11-17-27)38-28-20-18-25(19-21-28)30(35)22-29(34)24-12-6-3-7-13-24/h3-21,23H,22H2,1-2H3. The highest BCUT2D eigenvalue weighted by Crippen LogP contribution is 2.33. The molecule has 0 aromatic heterocycles. The monoisotopic (exact) mass is 504 g/mol. The van der Waals surface area contributed by atoms with Crippen molar-refractivity contribution in [3.05, 3.63) is 138 Å². The van der Waals surface area contributed by atoms with Crippen LogP contribution >= 0.6 is 0 Å². The van der Waals surface area contributed by atoms with Crippen LogP contribution in [0, 0.1) is 5.92 Å². The Morgan fingerprint density at radius 2 is 0.921 bits per heavy atom. The van der Waals surface area contributed by atoms with E-state index >= 15 is 0 Å². The maximum Gasteiger partial charge on any atom is 0.235 e. The summed E-state index contributed by atoms with van der Waals surface area (Å²) in [7, 11) is 0. The van der Waals surface area contributed by atoms with E-state index in [1.54, 1.807) is 129 Å². The Morgan fingerprint density at radius 3 is 1.32 bits per heavy atom. The lowest BCUT2D eigenvalue weighted by molar-refractivity contribution is 0.0230. The van der Waals surface area contributed by atoms with Crippen molar-refractivity contribution in [3.8, 4) is 5.75 Å². The number of hydrogen-bond donors (Lipinski definition) is 0. The number of rotatable bonds is 11. The summed E-state index contributed by atoms with van der Waals surface area (Å²) >= 11 is 0. The minimum Gasteiger partial charge on any atom is -0.471 e. The van der Waals surface area contributed by atoms with E-state index < -0.39 is 23.1 Å². The molecule has 0 fully saturated rings. The van der Waals surface area contributed by atoms with Crippen molar-refractivity contribution < 1.29 is 23.9 Å². The van der Waals surface area contributed by atoms with Gasteiger partial charge in [0.1, 0.15) is 5.75 Å². The molecule has 0 saturated carbocycles. The van der Waals surface area contributed by atoms with Crippen LogP contribution in [0.3, 0.4) is 0 Å². The average molecular weight is 505 g/mol. The highest BCUT2D eigenvalue weighted by Gasteiger charge is 2.51. The van der Waals surface area contributed by atoms with Crippen molar-refractivity contribution in [1.29, 1.82) is 0 Å². The molecule has 0 bridgehead atoms. The number of hydrogen-bond acceptors (Lipinski definition) is 5. The number of carbonyl (C=O) groups is 4. The minimum atomic E-state index is -1.84. The van der Waals surface area contributed by atoms with Crippen molar-refractivity contribution >= 4 is 23.1 Å². The van der Waals surface area contributed by atoms with Crippen LogP contribution in [0.15, 0.2) is 115 Å². The molecule has 5 heteroatoms. The first kappa shape index (κ1) is 26.4. The molecule has 0 spiro atoms. The van der Waals surface area contributed by atoms with E-state index in [2.05, 4.69) is 0 Å². The Kier molecular flexibility index (Phi) is 8.07. The van der Waals surface area contributed by atoms with Gasteiger partial charge >= 0.3 is 0 Å². The summed E-state index contributed by atoms with van der Waals surface area (Å²) in [5.41, 5.74) is -0.312. The Bertz CT molecular complexity index is 1370. The molecule has 4 aromatic carbocycles. The first-order chi connectivity index (χ1) is 18.3. The molecule has 0 radical (unpaired) electrons. The van der Waals surface area contributed by atoms with Gasteiger partial charge in [-0.3, -0.25) is 19.2 Å². The molecule has 4 aromatic rings. The SMILES string of the molecule is CC(C)C(Oc1ccc(C(=O)CC(=O)c2ccccc2)cc1)(C(=O)c1ccccc1)C(=O)c1ccccc1. The van der Waals surface area contributed by atoms with Gasteiger partial charge in [-0.2, -0.15) is 0 Å². The quantitative estimate of drug-likeness (QED) is 0.168.